The van der Waals surface area contributed by atoms with Crippen molar-refractivity contribution >= 4 is 45.6 Å². The number of anilines is 2. The van der Waals surface area contributed by atoms with Gasteiger partial charge in [-0.1, -0.05) is 19.6 Å². The Balaban J connectivity index is 0.00000306. The van der Waals surface area contributed by atoms with Crippen molar-refractivity contribution < 1.29 is 19.8 Å². The summed E-state index contributed by atoms with van der Waals surface area (Å²) in [6.07, 6.45) is 0. The molecule has 0 fully saturated rings. The molecule has 4 aromatic rings. The third kappa shape index (κ3) is 4.69. The molecule has 1 aromatic heterocycles. The van der Waals surface area contributed by atoms with Crippen LogP contribution >= 0.6 is 0 Å². The molecule has 6 N–H and O–H groups in total. The van der Waals surface area contributed by atoms with Crippen molar-refractivity contribution in [3.05, 3.63) is 83.4 Å². The minimum atomic E-state index is -1.06. The number of nitrogens with zero attached hydrogens (tertiary/aromatic N) is 1. The number of nitrogens with one attached hydrogen (secondary N) is 2. The quantitative estimate of drug-likeness (QED) is 0.213. The van der Waals surface area contributed by atoms with E-state index in [2.05, 4.69) is 15.3 Å². The topological polar surface area (TPSA) is 141 Å². The summed E-state index contributed by atoms with van der Waals surface area (Å²) in [5, 5.41) is 22.9. The number of hydrogen-bond donors (Lipinski definition) is 5. The number of carboxylic acids is 1. The molecule has 0 saturated heterocycles. The SMILES string of the molecule is C.CC(=Nc1ccc(C(=O)Nc2ccccc2N)cc1)c1c(O)[nH]c2ccc(C(=O)O)cc12. The molecular weight excluding hydrogens is 420 g/mol. The summed E-state index contributed by atoms with van der Waals surface area (Å²) >= 11 is 0. The highest BCUT2D eigenvalue weighted by molar-refractivity contribution is 6.13. The monoisotopic (exact) mass is 444 g/mol. The highest BCUT2D eigenvalue weighted by Gasteiger charge is 2.16. The Hall–Kier alpha value is -4.59. The fourth-order valence-corrected chi connectivity index (χ4v) is 3.42. The maximum Gasteiger partial charge on any atom is 0.335 e. The van der Waals surface area contributed by atoms with Crippen LogP contribution in [0.5, 0.6) is 5.88 Å². The molecule has 1 amide bonds. The fourth-order valence-electron chi connectivity index (χ4n) is 3.42. The Morgan fingerprint density at radius 1 is 1.00 bits per heavy atom. The minimum absolute atomic E-state index is 0. The second-order valence-electron chi connectivity index (χ2n) is 7.20. The molecule has 0 aliphatic carbocycles. The predicted octanol–water partition coefficient (Wildman–Crippen LogP) is 5.18. The number of aromatic hydroxyl groups is 1. The van der Waals surface area contributed by atoms with E-state index >= 15 is 0 Å². The number of fused-ring (bicyclic) bond motifs is 1. The first-order valence-corrected chi connectivity index (χ1v) is 9.73. The number of nitrogens with two attached hydrogens (primary N) is 1. The number of aliphatic imine (C=N–C) groups is 1. The molecule has 0 radical (unpaired) electrons. The van der Waals surface area contributed by atoms with Gasteiger partial charge in [-0.2, -0.15) is 0 Å². The molecule has 8 nitrogen and oxygen atoms in total. The zero-order valence-electron chi connectivity index (χ0n) is 17.1. The summed E-state index contributed by atoms with van der Waals surface area (Å²) in [5.74, 6) is -1.45. The van der Waals surface area contributed by atoms with Crippen LogP contribution in [0, 0.1) is 0 Å². The maximum atomic E-state index is 12.5. The predicted molar refractivity (Wildman–Crippen MR) is 131 cm³/mol. The molecule has 0 aliphatic heterocycles. The number of hydrogen-bond acceptors (Lipinski definition) is 5. The maximum absolute atomic E-state index is 12.5. The first-order valence-electron chi connectivity index (χ1n) is 9.73. The Bertz CT molecular complexity index is 1370. The van der Waals surface area contributed by atoms with Crippen molar-refractivity contribution in [1.82, 2.24) is 4.98 Å². The van der Waals surface area contributed by atoms with Crippen molar-refractivity contribution in [3.8, 4) is 5.88 Å². The summed E-state index contributed by atoms with van der Waals surface area (Å²) in [6, 6.07) is 18.2. The zero-order chi connectivity index (χ0) is 22.8. The van der Waals surface area contributed by atoms with Crippen molar-refractivity contribution in [2.45, 2.75) is 14.4 Å². The molecule has 4 rings (SSSR count). The van der Waals surface area contributed by atoms with Gasteiger partial charge in [0.1, 0.15) is 0 Å². The van der Waals surface area contributed by atoms with Gasteiger partial charge in [-0.05, 0) is 61.5 Å². The Labute approximate surface area is 190 Å². The zero-order valence-corrected chi connectivity index (χ0v) is 17.1. The van der Waals surface area contributed by atoms with Gasteiger partial charge in [0, 0.05) is 16.5 Å². The van der Waals surface area contributed by atoms with Crippen LogP contribution in [0.15, 0.2) is 71.7 Å². The van der Waals surface area contributed by atoms with Gasteiger partial charge >= 0.3 is 5.97 Å². The molecule has 0 spiro atoms. The lowest BCUT2D eigenvalue weighted by Gasteiger charge is -2.08. The molecule has 3 aromatic carbocycles. The van der Waals surface area contributed by atoms with Gasteiger partial charge in [0.15, 0.2) is 5.88 Å². The van der Waals surface area contributed by atoms with Crippen molar-refractivity contribution in [2.24, 2.45) is 4.99 Å². The third-order valence-corrected chi connectivity index (χ3v) is 5.02. The third-order valence-electron chi connectivity index (χ3n) is 5.02. The van der Waals surface area contributed by atoms with E-state index in [0.717, 1.165) is 0 Å². The van der Waals surface area contributed by atoms with E-state index in [4.69, 9.17) is 5.73 Å². The lowest BCUT2D eigenvalue weighted by Crippen LogP contribution is -2.12. The largest absolute Gasteiger partial charge is 0.494 e. The molecule has 1 heterocycles. The average Bonchev–Trinajstić information content (AvgIpc) is 3.10. The Morgan fingerprint density at radius 3 is 2.33 bits per heavy atom. The highest BCUT2D eigenvalue weighted by Crippen LogP contribution is 2.30. The van der Waals surface area contributed by atoms with Gasteiger partial charge in [-0.25, -0.2) is 4.79 Å². The molecule has 33 heavy (non-hydrogen) atoms. The number of carbonyl (C=O) groups excluding carboxylic acids is 1. The lowest BCUT2D eigenvalue weighted by molar-refractivity contribution is 0.0697. The first-order chi connectivity index (χ1) is 15.3. The molecule has 0 unspecified atom stereocenters. The van der Waals surface area contributed by atoms with Crippen LogP contribution in [0.1, 0.15) is 40.6 Å². The molecule has 0 atom stereocenters. The molecule has 0 aliphatic rings. The van der Waals surface area contributed by atoms with E-state index < -0.39 is 5.97 Å². The van der Waals surface area contributed by atoms with Crippen LogP contribution in [0.25, 0.3) is 10.9 Å². The number of aromatic carboxylic acids is 1. The Kier molecular flexibility index (Phi) is 6.48. The van der Waals surface area contributed by atoms with Crippen LogP contribution in [-0.4, -0.2) is 32.8 Å². The van der Waals surface area contributed by atoms with Crippen molar-refractivity contribution in [1.29, 1.82) is 0 Å². The van der Waals surface area contributed by atoms with E-state index in [1.54, 1.807) is 61.5 Å². The standard InChI is InChI=1S/C24H20N4O4.CH4/c1-13(21-17-12-15(24(31)32)8-11-19(17)27-23(21)30)26-16-9-6-14(7-10-16)22(29)28-20-5-3-2-4-18(20)25;/h2-12,27,30H,25H2,1H3,(H,28,29)(H,31,32);1H4. The van der Waals surface area contributed by atoms with Crippen LogP contribution in [0.3, 0.4) is 0 Å². The Morgan fingerprint density at radius 2 is 1.67 bits per heavy atom. The summed E-state index contributed by atoms with van der Waals surface area (Å²) in [7, 11) is 0. The second kappa shape index (κ2) is 9.27. The van der Waals surface area contributed by atoms with Crippen molar-refractivity contribution in [2.75, 3.05) is 11.1 Å². The minimum Gasteiger partial charge on any atom is -0.494 e. The fraction of sp³-hybridized carbons (Fsp3) is 0.0800. The summed E-state index contributed by atoms with van der Waals surface area (Å²) in [4.78, 5) is 31.1. The normalized spacial score (nSPS) is 11.1. The van der Waals surface area contributed by atoms with Crippen LogP contribution in [-0.2, 0) is 0 Å². The van der Waals surface area contributed by atoms with Gasteiger partial charge in [0.05, 0.1) is 33.9 Å². The van der Waals surface area contributed by atoms with Gasteiger partial charge < -0.3 is 26.2 Å². The van der Waals surface area contributed by atoms with Gasteiger partial charge in [0.2, 0.25) is 0 Å². The van der Waals surface area contributed by atoms with E-state index in [1.807, 2.05) is 0 Å². The number of carboxylic acid groups (broad SMARTS) is 1. The van der Waals surface area contributed by atoms with Crippen LogP contribution in [0.4, 0.5) is 17.1 Å². The summed E-state index contributed by atoms with van der Waals surface area (Å²) in [5.41, 5.74) is 9.50. The highest BCUT2D eigenvalue weighted by atomic mass is 16.4. The number of nitrogen functional groups attached to an aromatic ring is 1. The number of aromatic nitrogens is 1. The molecule has 0 saturated carbocycles. The second-order valence-corrected chi connectivity index (χ2v) is 7.20. The number of carbonyl (C=O) groups is 2. The van der Waals surface area contributed by atoms with E-state index in [0.29, 0.717) is 44.8 Å². The summed E-state index contributed by atoms with van der Waals surface area (Å²) < 4.78 is 0. The number of H-pyrrole nitrogens is 1. The van der Waals surface area contributed by atoms with E-state index in [9.17, 15) is 19.8 Å². The number of para-hydroxylation sites is 2. The number of benzene rings is 3. The summed E-state index contributed by atoms with van der Waals surface area (Å²) in [6.45, 7) is 1.72. The number of amides is 1. The number of rotatable bonds is 5. The van der Waals surface area contributed by atoms with Gasteiger partial charge in [-0.15, -0.1) is 0 Å². The lowest BCUT2D eigenvalue weighted by atomic mass is 10.1. The molecular formula is C25H24N4O4. The van der Waals surface area contributed by atoms with Crippen LogP contribution in [0.2, 0.25) is 0 Å². The molecule has 168 valence electrons. The molecule has 0 bridgehead atoms. The van der Waals surface area contributed by atoms with Gasteiger partial charge in [-0.3, -0.25) is 9.79 Å². The first kappa shape index (κ1) is 23.1. The average molecular weight is 444 g/mol. The van der Waals surface area contributed by atoms with Gasteiger partial charge in [0.25, 0.3) is 5.91 Å². The molecule has 8 heteroatoms. The van der Waals surface area contributed by atoms with Crippen molar-refractivity contribution in [3.63, 3.8) is 0 Å². The van der Waals surface area contributed by atoms with E-state index in [1.165, 1.54) is 12.1 Å². The van der Waals surface area contributed by atoms with Crippen LogP contribution < -0.4 is 11.1 Å². The van der Waals surface area contributed by atoms with E-state index in [-0.39, 0.29) is 24.8 Å². The smallest absolute Gasteiger partial charge is 0.335 e. The number of aromatic amines is 1.